The summed E-state index contributed by atoms with van der Waals surface area (Å²) in [5.41, 5.74) is 0.300. The molecule has 0 aromatic carbocycles. The standard InChI is InChI=1S/C10H9ClN2O2/c1-2-8-7(9(14)4-11)3-6(5-12)10(15)13-8/h3H,2,4H2,1H3,(H,13,15). The Morgan fingerprint density at radius 3 is 2.80 bits per heavy atom. The summed E-state index contributed by atoms with van der Waals surface area (Å²) in [5.74, 6) is -0.453. The Hall–Kier alpha value is -1.60. The number of hydrogen-bond donors (Lipinski definition) is 1. The van der Waals surface area contributed by atoms with Crippen molar-refractivity contribution in [3.05, 3.63) is 33.2 Å². The van der Waals surface area contributed by atoms with Gasteiger partial charge in [0.05, 0.1) is 5.88 Å². The number of carbonyl (C=O) groups excluding carboxylic acids is 1. The molecule has 1 N–H and O–H groups in total. The number of carbonyl (C=O) groups is 1. The summed E-state index contributed by atoms with van der Waals surface area (Å²) in [6, 6.07) is 3.02. The third-order valence-corrected chi connectivity index (χ3v) is 2.26. The van der Waals surface area contributed by atoms with Crippen molar-refractivity contribution in [2.24, 2.45) is 0 Å². The monoisotopic (exact) mass is 224 g/mol. The van der Waals surface area contributed by atoms with Gasteiger partial charge in [0.1, 0.15) is 11.6 Å². The summed E-state index contributed by atoms with van der Waals surface area (Å²) >= 11 is 5.43. The average molecular weight is 225 g/mol. The van der Waals surface area contributed by atoms with Crippen LogP contribution < -0.4 is 5.56 Å². The number of nitriles is 1. The van der Waals surface area contributed by atoms with E-state index < -0.39 is 5.56 Å². The number of ketones is 1. The van der Waals surface area contributed by atoms with Crippen LogP contribution in [0.3, 0.4) is 0 Å². The first-order valence-electron chi connectivity index (χ1n) is 4.39. The van der Waals surface area contributed by atoms with Crippen LogP contribution in [0.5, 0.6) is 0 Å². The molecule has 0 radical (unpaired) electrons. The molecule has 0 fully saturated rings. The predicted octanol–water partition coefficient (Wildman–Crippen LogP) is 1.23. The van der Waals surface area contributed by atoms with Crippen molar-refractivity contribution in [1.29, 1.82) is 5.26 Å². The molecule has 4 nitrogen and oxygen atoms in total. The topological polar surface area (TPSA) is 73.7 Å². The summed E-state index contributed by atoms with van der Waals surface area (Å²) in [6.45, 7) is 1.81. The van der Waals surface area contributed by atoms with E-state index in [4.69, 9.17) is 16.9 Å². The summed E-state index contributed by atoms with van der Waals surface area (Å²) in [7, 11) is 0. The molecular weight excluding hydrogens is 216 g/mol. The fourth-order valence-electron chi connectivity index (χ4n) is 1.25. The number of alkyl halides is 1. The lowest BCUT2D eigenvalue weighted by atomic mass is 10.1. The van der Waals surface area contributed by atoms with Gasteiger partial charge < -0.3 is 4.98 Å². The maximum atomic E-state index is 11.4. The van der Waals surface area contributed by atoms with Crippen molar-refractivity contribution >= 4 is 17.4 Å². The Morgan fingerprint density at radius 2 is 2.33 bits per heavy atom. The highest BCUT2D eigenvalue weighted by molar-refractivity contribution is 6.30. The van der Waals surface area contributed by atoms with Crippen LogP contribution in [0.25, 0.3) is 0 Å². The van der Waals surface area contributed by atoms with Gasteiger partial charge in [-0.15, -0.1) is 11.6 Å². The van der Waals surface area contributed by atoms with E-state index in [0.717, 1.165) is 0 Å². The second kappa shape index (κ2) is 4.76. The molecule has 5 heteroatoms. The smallest absolute Gasteiger partial charge is 0.266 e. The van der Waals surface area contributed by atoms with Crippen LogP contribution in [0.2, 0.25) is 0 Å². The van der Waals surface area contributed by atoms with Crippen LogP contribution in [-0.2, 0) is 6.42 Å². The Balaban J connectivity index is 3.43. The molecule has 0 saturated heterocycles. The zero-order valence-electron chi connectivity index (χ0n) is 8.13. The zero-order chi connectivity index (χ0) is 11.4. The maximum Gasteiger partial charge on any atom is 0.266 e. The number of nitrogens with zero attached hydrogens (tertiary/aromatic N) is 1. The first-order valence-corrected chi connectivity index (χ1v) is 4.93. The molecule has 1 heterocycles. The molecule has 0 bridgehead atoms. The molecule has 0 spiro atoms. The number of hydrogen-bond acceptors (Lipinski definition) is 3. The predicted molar refractivity (Wildman–Crippen MR) is 56.2 cm³/mol. The molecule has 15 heavy (non-hydrogen) atoms. The van der Waals surface area contributed by atoms with Crippen molar-refractivity contribution in [1.82, 2.24) is 4.98 Å². The molecule has 78 valence electrons. The average Bonchev–Trinajstić information content (AvgIpc) is 2.27. The van der Waals surface area contributed by atoms with Gasteiger partial charge in [-0.1, -0.05) is 6.92 Å². The largest absolute Gasteiger partial charge is 0.324 e. The van der Waals surface area contributed by atoms with E-state index in [1.807, 2.05) is 6.92 Å². The molecule has 1 aromatic heterocycles. The van der Waals surface area contributed by atoms with E-state index >= 15 is 0 Å². The van der Waals surface area contributed by atoms with Crippen molar-refractivity contribution in [3.63, 3.8) is 0 Å². The number of aromatic nitrogens is 1. The van der Waals surface area contributed by atoms with Crippen LogP contribution in [-0.4, -0.2) is 16.6 Å². The molecule has 0 amide bonds. The van der Waals surface area contributed by atoms with Crippen molar-refractivity contribution in [2.75, 3.05) is 5.88 Å². The second-order valence-electron chi connectivity index (χ2n) is 2.93. The van der Waals surface area contributed by atoms with Gasteiger partial charge in [0.25, 0.3) is 5.56 Å². The quantitative estimate of drug-likeness (QED) is 0.620. The number of Topliss-reactive ketones (excluding diaryl/α,β-unsaturated/α-hetero) is 1. The van der Waals surface area contributed by atoms with E-state index in [1.165, 1.54) is 6.07 Å². The number of aryl methyl sites for hydroxylation is 1. The molecule has 0 saturated carbocycles. The number of H-pyrrole nitrogens is 1. The molecule has 0 aliphatic heterocycles. The SMILES string of the molecule is CCc1[nH]c(=O)c(C#N)cc1C(=O)CCl. The lowest BCUT2D eigenvalue weighted by Crippen LogP contribution is -2.17. The molecule has 0 atom stereocenters. The number of pyridine rings is 1. The molecule has 0 aliphatic carbocycles. The van der Waals surface area contributed by atoms with E-state index in [0.29, 0.717) is 17.7 Å². The lowest BCUT2D eigenvalue weighted by Gasteiger charge is -2.04. The van der Waals surface area contributed by atoms with Gasteiger partial charge in [0.2, 0.25) is 0 Å². The highest BCUT2D eigenvalue weighted by Crippen LogP contribution is 2.08. The third-order valence-electron chi connectivity index (χ3n) is 2.02. The van der Waals surface area contributed by atoms with Gasteiger partial charge >= 0.3 is 0 Å². The maximum absolute atomic E-state index is 11.4. The summed E-state index contributed by atoms with van der Waals surface area (Å²) < 4.78 is 0. The Labute approximate surface area is 91.5 Å². The molecule has 1 rings (SSSR count). The molecular formula is C10H9ClN2O2. The first-order chi connectivity index (χ1) is 7.13. The highest BCUT2D eigenvalue weighted by atomic mass is 35.5. The minimum Gasteiger partial charge on any atom is -0.324 e. The van der Waals surface area contributed by atoms with Crippen LogP contribution in [0.15, 0.2) is 10.9 Å². The van der Waals surface area contributed by atoms with Crippen LogP contribution >= 0.6 is 11.6 Å². The minimum absolute atomic E-state index is 0.0688. The summed E-state index contributed by atoms with van der Waals surface area (Å²) in [5, 5.41) is 8.65. The Kier molecular flexibility index (Phi) is 3.64. The van der Waals surface area contributed by atoms with E-state index in [2.05, 4.69) is 4.98 Å². The van der Waals surface area contributed by atoms with E-state index in [9.17, 15) is 9.59 Å². The second-order valence-corrected chi connectivity index (χ2v) is 3.19. The molecule has 1 aromatic rings. The number of aromatic amines is 1. The number of halogens is 1. The normalized spacial score (nSPS) is 9.67. The van der Waals surface area contributed by atoms with Gasteiger partial charge in [0.15, 0.2) is 5.78 Å². The van der Waals surface area contributed by atoms with Gasteiger partial charge in [0, 0.05) is 11.3 Å². The molecule has 0 aliphatic rings. The minimum atomic E-state index is -0.472. The number of nitrogens with one attached hydrogen (secondary N) is 1. The lowest BCUT2D eigenvalue weighted by molar-refractivity contribution is 0.101. The third kappa shape index (κ3) is 2.25. The van der Waals surface area contributed by atoms with Gasteiger partial charge in [-0.3, -0.25) is 9.59 Å². The van der Waals surface area contributed by atoms with Gasteiger partial charge in [-0.05, 0) is 12.5 Å². The summed E-state index contributed by atoms with van der Waals surface area (Å²) in [6.07, 6.45) is 0.513. The fraction of sp³-hybridized carbons (Fsp3) is 0.300. The zero-order valence-corrected chi connectivity index (χ0v) is 8.89. The Morgan fingerprint density at radius 1 is 1.67 bits per heavy atom. The summed E-state index contributed by atoms with van der Waals surface area (Å²) in [4.78, 5) is 25.2. The van der Waals surface area contributed by atoms with Crippen molar-refractivity contribution in [3.8, 4) is 6.07 Å². The van der Waals surface area contributed by atoms with Crippen LogP contribution in [0.4, 0.5) is 0 Å². The van der Waals surface area contributed by atoms with Crippen LogP contribution in [0.1, 0.15) is 28.5 Å². The van der Waals surface area contributed by atoms with E-state index in [-0.39, 0.29) is 17.2 Å². The van der Waals surface area contributed by atoms with Crippen LogP contribution in [0, 0.1) is 11.3 Å². The fourth-order valence-corrected chi connectivity index (χ4v) is 1.40. The molecule has 0 unspecified atom stereocenters. The highest BCUT2D eigenvalue weighted by Gasteiger charge is 2.13. The first kappa shape index (κ1) is 11.5. The van der Waals surface area contributed by atoms with Gasteiger partial charge in [-0.2, -0.15) is 5.26 Å². The van der Waals surface area contributed by atoms with E-state index in [1.54, 1.807) is 6.07 Å². The van der Waals surface area contributed by atoms with Crippen molar-refractivity contribution < 1.29 is 4.79 Å². The number of rotatable bonds is 3. The Bertz CT molecular complexity index is 485. The van der Waals surface area contributed by atoms with Gasteiger partial charge in [-0.25, -0.2) is 0 Å². The van der Waals surface area contributed by atoms with Crippen molar-refractivity contribution in [2.45, 2.75) is 13.3 Å².